The number of hydrogen-bond donors (Lipinski definition) is 0. The number of nitrogens with zero attached hydrogens (tertiary/aromatic N) is 4. The highest BCUT2D eigenvalue weighted by Gasteiger charge is 2.21. The number of aryl methyl sites for hydroxylation is 1. The lowest BCUT2D eigenvalue weighted by atomic mass is 9.93. The van der Waals surface area contributed by atoms with Gasteiger partial charge in [0.1, 0.15) is 0 Å². The Morgan fingerprint density at radius 3 is 2.48 bits per heavy atom. The third kappa shape index (κ3) is 4.04. The summed E-state index contributed by atoms with van der Waals surface area (Å²) in [6.45, 7) is 14.2. The number of hydrogen-bond acceptors (Lipinski definition) is 6. The number of rotatable bonds is 6. The van der Waals surface area contributed by atoms with Crippen molar-refractivity contribution in [3.8, 4) is 0 Å². The average molecular weight is 389 g/mol. The Morgan fingerprint density at radius 2 is 1.81 bits per heavy atom. The third-order valence-corrected chi connectivity index (χ3v) is 6.39. The summed E-state index contributed by atoms with van der Waals surface area (Å²) in [7, 11) is 0. The molecule has 0 aliphatic carbocycles. The van der Waals surface area contributed by atoms with Crippen LogP contribution in [0.15, 0.2) is 11.2 Å². The van der Waals surface area contributed by atoms with Gasteiger partial charge in [-0.25, -0.2) is 0 Å². The van der Waals surface area contributed by atoms with Crippen LogP contribution in [0.3, 0.4) is 0 Å². The van der Waals surface area contributed by atoms with Gasteiger partial charge >= 0.3 is 0 Å². The number of carbonyl (C=O) groups excluding carboxylic acids is 1. The maximum absolute atomic E-state index is 12.9. The smallest absolute Gasteiger partial charge is 0.228 e. The molecule has 0 atom stereocenters. The Kier molecular flexibility index (Phi) is 6.22. The van der Waals surface area contributed by atoms with Crippen LogP contribution in [-0.2, 0) is 11.3 Å². The van der Waals surface area contributed by atoms with Crippen molar-refractivity contribution in [2.24, 2.45) is 0 Å². The number of carbonyl (C=O) groups is 1. The molecule has 0 saturated carbocycles. The van der Waals surface area contributed by atoms with Gasteiger partial charge in [0.05, 0.1) is 19.0 Å². The third-order valence-electron chi connectivity index (χ3n) is 5.42. The van der Waals surface area contributed by atoms with Crippen molar-refractivity contribution < 1.29 is 9.53 Å². The molecule has 0 radical (unpaired) electrons. The molecular weight excluding hydrogens is 360 g/mol. The second-order valence-corrected chi connectivity index (χ2v) is 7.90. The van der Waals surface area contributed by atoms with Crippen molar-refractivity contribution in [2.45, 2.75) is 46.3 Å². The fraction of sp³-hybridized carbons (Fsp3) is 0.550. The Bertz CT molecular complexity index is 841. The highest BCUT2D eigenvalue weighted by molar-refractivity contribution is 7.99. The number of thioether (sulfide) groups is 1. The van der Waals surface area contributed by atoms with E-state index in [-0.39, 0.29) is 5.78 Å². The van der Waals surface area contributed by atoms with Crippen LogP contribution in [0.4, 0.5) is 5.95 Å². The second-order valence-electron chi connectivity index (χ2n) is 6.95. The zero-order valence-electron chi connectivity index (χ0n) is 16.8. The molecule has 2 heterocycles. The van der Waals surface area contributed by atoms with Crippen molar-refractivity contribution in [3.63, 3.8) is 0 Å². The average Bonchev–Trinajstić information content (AvgIpc) is 3.10. The second kappa shape index (κ2) is 8.44. The van der Waals surface area contributed by atoms with Crippen molar-refractivity contribution in [1.82, 2.24) is 14.8 Å². The molecule has 0 N–H and O–H groups in total. The summed E-state index contributed by atoms with van der Waals surface area (Å²) in [5.41, 5.74) is 5.53. The lowest BCUT2D eigenvalue weighted by Gasteiger charge is -2.27. The van der Waals surface area contributed by atoms with Gasteiger partial charge in [0.2, 0.25) is 5.95 Å². The normalized spacial score (nSPS) is 14.6. The van der Waals surface area contributed by atoms with Gasteiger partial charge in [-0.05, 0) is 62.9 Å². The summed E-state index contributed by atoms with van der Waals surface area (Å²) in [5.74, 6) is 1.38. The van der Waals surface area contributed by atoms with Gasteiger partial charge in [-0.3, -0.25) is 9.36 Å². The summed E-state index contributed by atoms with van der Waals surface area (Å²) in [4.78, 5) is 15.1. The zero-order chi connectivity index (χ0) is 19.6. The van der Waals surface area contributed by atoms with Crippen molar-refractivity contribution in [3.05, 3.63) is 33.9 Å². The van der Waals surface area contributed by atoms with Gasteiger partial charge in [0, 0.05) is 25.2 Å². The predicted molar refractivity (Wildman–Crippen MR) is 109 cm³/mol. The molecule has 2 aromatic rings. The zero-order valence-corrected chi connectivity index (χ0v) is 17.7. The number of ether oxygens (including phenoxy) is 1. The Labute approximate surface area is 165 Å². The highest BCUT2D eigenvalue weighted by Crippen LogP contribution is 2.26. The quantitative estimate of drug-likeness (QED) is 0.559. The fourth-order valence-electron chi connectivity index (χ4n) is 3.37. The Balaban J connectivity index is 1.75. The Hall–Kier alpha value is -1.86. The molecule has 0 spiro atoms. The monoisotopic (exact) mass is 388 g/mol. The maximum atomic E-state index is 12.9. The number of morpholine rings is 1. The minimum Gasteiger partial charge on any atom is -0.378 e. The Morgan fingerprint density at radius 1 is 1.11 bits per heavy atom. The molecule has 0 amide bonds. The SMILES string of the molecule is CCn1c(SCC(=O)c2cc(C)c(C)c(C)c2C)nnc1N1CCOCC1. The van der Waals surface area contributed by atoms with E-state index in [0.29, 0.717) is 19.0 Å². The molecule has 1 aliphatic heterocycles. The van der Waals surface area contributed by atoms with Crippen LogP contribution in [0.25, 0.3) is 0 Å². The van der Waals surface area contributed by atoms with Gasteiger partial charge in [0.15, 0.2) is 10.9 Å². The van der Waals surface area contributed by atoms with Gasteiger partial charge < -0.3 is 9.64 Å². The van der Waals surface area contributed by atoms with Crippen molar-refractivity contribution >= 4 is 23.5 Å². The molecule has 27 heavy (non-hydrogen) atoms. The summed E-state index contributed by atoms with van der Waals surface area (Å²) >= 11 is 1.47. The van der Waals surface area contributed by atoms with E-state index < -0.39 is 0 Å². The van der Waals surface area contributed by atoms with Crippen LogP contribution in [-0.4, -0.2) is 52.6 Å². The van der Waals surface area contributed by atoms with E-state index in [1.807, 2.05) is 13.0 Å². The van der Waals surface area contributed by atoms with E-state index in [9.17, 15) is 4.79 Å². The highest BCUT2D eigenvalue weighted by atomic mass is 32.2. The molecule has 1 saturated heterocycles. The van der Waals surface area contributed by atoms with Crippen LogP contribution >= 0.6 is 11.8 Å². The van der Waals surface area contributed by atoms with Gasteiger partial charge in [0.25, 0.3) is 0 Å². The topological polar surface area (TPSA) is 60.2 Å². The van der Waals surface area contributed by atoms with Gasteiger partial charge in [-0.1, -0.05) is 11.8 Å². The molecule has 7 heteroatoms. The van der Waals surface area contributed by atoms with Crippen LogP contribution in [0.1, 0.15) is 39.5 Å². The molecule has 1 aromatic heterocycles. The number of ketones is 1. The standard InChI is InChI=1S/C20H28N4O2S/c1-6-24-19(23-7-9-26-10-8-23)21-22-20(24)27-12-18(25)17-11-13(2)14(3)15(4)16(17)5/h11H,6-10,12H2,1-5H3. The largest absolute Gasteiger partial charge is 0.378 e. The number of benzene rings is 1. The first-order valence-corrected chi connectivity index (χ1v) is 10.4. The predicted octanol–water partition coefficient (Wildman–Crippen LogP) is 3.34. The molecule has 1 fully saturated rings. The summed E-state index contributed by atoms with van der Waals surface area (Å²) < 4.78 is 7.50. The molecular formula is C20H28N4O2S. The van der Waals surface area contributed by atoms with Crippen molar-refractivity contribution in [1.29, 1.82) is 0 Å². The first kappa shape index (κ1) is 19.9. The first-order valence-electron chi connectivity index (χ1n) is 9.43. The van der Waals surface area contributed by atoms with E-state index >= 15 is 0 Å². The van der Waals surface area contributed by atoms with E-state index in [1.165, 1.54) is 22.9 Å². The molecule has 146 valence electrons. The van der Waals surface area contributed by atoms with Crippen LogP contribution < -0.4 is 4.90 Å². The summed E-state index contributed by atoms with van der Waals surface area (Å²) in [6, 6.07) is 2.02. The first-order chi connectivity index (χ1) is 12.9. The summed E-state index contributed by atoms with van der Waals surface area (Å²) in [5, 5.41) is 9.51. The molecule has 1 aliphatic rings. The van der Waals surface area contributed by atoms with E-state index in [4.69, 9.17) is 4.74 Å². The van der Waals surface area contributed by atoms with Crippen molar-refractivity contribution in [2.75, 3.05) is 37.0 Å². The summed E-state index contributed by atoms with van der Waals surface area (Å²) in [6.07, 6.45) is 0. The van der Waals surface area contributed by atoms with E-state index in [1.54, 1.807) is 0 Å². The van der Waals surface area contributed by atoms with E-state index in [2.05, 4.69) is 47.4 Å². The maximum Gasteiger partial charge on any atom is 0.228 e. The van der Waals surface area contributed by atoms with Gasteiger partial charge in [-0.2, -0.15) is 0 Å². The van der Waals surface area contributed by atoms with Crippen LogP contribution in [0.5, 0.6) is 0 Å². The minimum atomic E-state index is 0.141. The lowest BCUT2D eigenvalue weighted by molar-refractivity contribution is 0.102. The molecule has 6 nitrogen and oxygen atoms in total. The van der Waals surface area contributed by atoms with E-state index in [0.717, 1.165) is 47.4 Å². The number of Topliss-reactive ketones (excluding diaryl/α,β-unsaturated/α-hetero) is 1. The minimum absolute atomic E-state index is 0.141. The molecule has 0 bridgehead atoms. The molecule has 3 rings (SSSR count). The van der Waals surface area contributed by atoms with Crippen LogP contribution in [0, 0.1) is 27.7 Å². The number of anilines is 1. The lowest BCUT2D eigenvalue weighted by Crippen LogP contribution is -2.38. The van der Waals surface area contributed by atoms with Crippen LogP contribution in [0.2, 0.25) is 0 Å². The molecule has 0 unspecified atom stereocenters. The van der Waals surface area contributed by atoms with Gasteiger partial charge in [-0.15, -0.1) is 10.2 Å². The fourth-order valence-corrected chi connectivity index (χ4v) is 4.25. The molecule has 1 aromatic carbocycles. The number of aromatic nitrogens is 3.